The summed E-state index contributed by atoms with van der Waals surface area (Å²) in [4.78, 5) is 24.0. The van der Waals surface area contributed by atoms with Gasteiger partial charge in [0.25, 0.3) is 0 Å². The number of methoxy groups -OCH3 is 1. The Morgan fingerprint density at radius 2 is 1.72 bits per heavy atom. The SMILES string of the molecule is C=CCCCCCCCCC(=O)N[C@@H](Cc1ccccc1)C(=O)OC. The van der Waals surface area contributed by atoms with Crippen LogP contribution >= 0.6 is 0 Å². The maximum atomic E-state index is 12.1. The van der Waals surface area contributed by atoms with E-state index in [2.05, 4.69) is 11.9 Å². The van der Waals surface area contributed by atoms with E-state index in [0.29, 0.717) is 12.8 Å². The molecule has 0 aliphatic carbocycles. The summed E-state index contributed by atoms with van der Waals surface area (Å²) in [5, 5.41) is 2.81. The minimum atomic E-state index is -0.626. The minimum Gasteiger partial charge on any atom is -0.467 e. The second-order valence-corrected chi connectivity index (χ2v) is 6.28. The molecule has 0 aromatic heterocycles. The van der Waals surface area contributed by atoms with Crippen molar-refractivity contribution in [2.75, 3.05) is 7.11 Å². The van der Waals surface area contributed by atoms with Gasteiger partial charge in [-0.3, -0.25) is 4.79 Å². The Morgan fingerprint density at radius 3 is 2.36 bits per heavy atom. The third kappa shape index (κ3) is 9.70. The Bertz CT molecular complexity index is 513. The molecule has 1 amide bonds. The first-order chi connectivity index (χ1) is 12.2. The number of esters is 1. The van der Waals surface area contributed by atoms with Gasteiger partial charge in [-0.15, -0.1) is 6.58 Å². The highest BCUT2D eigenvalue weighted by atomic mass is 16.5. The van der Waals surface area contributed by atoms with Crippen LogP contribution < -0.4 is 5.32 Å². The molecular formula is C21H31NO3. The van der Waals surface area contributed by atoms with Gasteiger partial charge in [-0.05, 0) is 24.8 Å². The highest BCUT2D eigenvalue weighted by Crippen LogP contribution is 2.09. The summed E-state index contributed by atoms with van der Waals surface area (Å²) >= 11 is 0. The van der Waals surface area contributed by atoms with E-state index in [1.165, 1.54) is 26.4 Å². The lowest BCUT2D eigenvalue weighted by molar-refractivity contribution is -0.145. The van der Waals surface area contributed by atoms with Crippen LogP contribution in [-0.4, -0.2) is 25.0 Å². The van der Waals surface area contributed by atoms with Gasteiger partial charge in [0.2, 0.25) is 5.91 Å². The standard InChI is InChI=1S/C21H31NO3/c1-3-4-5-6-7-8-9-13-16-20(23)22-19(21(24)25-2)17-18-14-11-10-12-15-18/h3,10-12,14-15,19H,1,4-9,13,16-17H2,2H3,(H,22,23)/t19-/m0/s1. The van der Waals surface area contributed by atoms with Crippen LogP contribution in [0.25, 0.3) is 0 Å². The summed E-state index contributed by atoms with van der Waals surface area (Å²) in [7, 11) is 1.35. The molecule has 0 heterocycles. The minimum absolute atomic E-state index is 0.0852. The molecule has 0 saturated heterocycles. The fourth-order valence-electron chi connectivity index (χ4n) is 2.73. The molecule has 1 atom stereocenters. The van der Waals surface area contributed by atoms with Gasteiger partial charge in [0, 0.05) is 12.8 Å². The maximum absolute atomic E-state index is 12.1. The Balaban J connectivity index is 2.28. The largest absolute Gasteiger partial charge is 0.467 e. The second kappa shape index (κ2) is 13.2. The Labute approximate surface area is 151 Å². The van der Waals surface area contributed by atoms with E-state index >= 15 is 0 Å². The van der Waals surface area contributed by atoms with E-state index in [9.17, 15) is 9.59 Å². The Morgan fingerprint density at radius 1 is 1.08 bits per heavy atom. The number of hydrogen-bond donors (Lipinski definition) is 1. The van der Waals surface area contributed by atoms with Gasteiger partial charge < -0.3 is 10.1 Å². The number of ether oxygens (including phenoxy) is 1. The monoisotopic (exact) mass is 345 g/mol. The fourth-order valence-corrected chi connectivity index (χ4v) is 2.73. The second-order valence-electron chi connectivity index (χ2n) is 6.28. The molecule has 138 valence electrons. The van der Waals surface area contributed by atoms with Crippen LogP contribution in [0.15, 0.2) is 43.0 Å². The van der Waals surface area contributed by atoms with Gasteiger partial charge in [-0.2, -0.15) is 0 Å². The lowest BCUT2D eigenvalue weighted by atomic mass is 10.1. The zero-order valence-electron chi connectivity index (χ0n) is 15.3. The zero-order valence-corrected chi connectivity index (χ0v) is 15.3. The van der Waals surface area contributed by atoms with Crippen LogP contribution in [0.5, 0.6) is 0 Å². The number of carbonyl (C=O) groups is 2. The lowest BCUT2D eigenvalue weighted by Gasteiger charge is -2.16. The van der Waals surface area contributed by atoms with Gasteiger partial charge in [0.1, 0.15) is 6.04 Å². The molecule has 0 aliphatic heterocycles. The van der Waals surface area contributed by atoms with Gasteiger partial charge >= 0.3 is 5.97 Å². The number of allylic oxidation sites excluding steroid dienone is 1. The lowest BCUT2D eigenvalue weighted by Crippen LogP contribution is -2.43. The first-order valence-electron chi connectivity index (χ1n) is 9.19. The van der Waals surface area contributed by atoms with E-state index in [-0.39, 0.29) is 5.91 Å². The van der Waals surface area contributed by atoms with Crippen LogP contribution in [0.3, 0.4) is 0 Å². The average molecular weight is 345 g/mol. The number of unbranched alkanes of at least 4 members (excludes halogenated alkanes) is 6. The quantitative estimate of drug-likeness (QED) is 0.331. The Kier molecular flexibility index (Phi) is 11.1. The third-order valence-electron chi connectivity index (χ3n) is 4.17. The van der Waals surface area contributed by atoms with Crippen molar-refractivity contribution in [2.24, 2.45) is 0 Å². The van der Waals surface area contributed by atoms with Crippen LogP contribution in [0, 0.1) is 0 Å². The molecule has 0 spiro atoms. The van der Waals surface area contributed by atoms with Crippen LogP contribution in [0.4, 0.5) is 0 Å². The topological polar surface area (TPSA) is 55.4 Å². The summed E-state index contributed by atoms with van der Waals surface area (Å²) in [6.07, 6.45) is 10.6. The predicted octanol–water partition coefficient (Wildman–Crippen LogP) is 4.19. The van der Waals surface area contributed by atoms with Crippen molar-refractivity contribution in [1.29, 1.82) is 0 Å². The number of benzene rings is 1. The van der Waals surface area contributed by atoms with E-state index in [0.717, 1.165) is 31.2 Å². The molecule has 0 aliphatic rings. The highest BCUT2D eigenvalue weighted by molar-refractivity contribution is 5.84. The number of rotatable bonds is 13. The third-order valence-corrected chi connectivity index (χ3v) is 4.17. The molecule has 0 unspecified atom stereocenters. The van der Waals surface area contributed by atoms with Crippen molar-refractivity contribution in [1.82, 2.24) is 5.32 Å². The highest BCUT2D eigenvalue weighted by Gasteiger charge is 2.21. The summed E-state index contributed by atoms with van der Waals surface area (Å²) in [6, 6.07) is 9.01. The molecule has 0 radical (unpaired) electrons. The van der Waals surface area contributed by atoms with Gasteiger partial charge in [-0.25, -0.2) is 4.79 Å². The fraction of sp³-hybridized carbons (Fsp3) is 0.524. The Hall–Kier alpha value is -2.10. The number of hydrogen-bond acceptors (Lipinski definition) is 3. The predicted molar refractivity (Wildman–Crippen MR) is 101 cm³/mol. The van der Waals surface area contributed by atoms with Crippen molar-refractivity contribution in [3.05, 3.63) is 48.6 Å². The molecule has 0 bridgehead atoms. The van der Waals surface area contributed by atoms with Gasteiger partial charge in [-0.1, -0.05) is 62.1 Å². The molecule has 0 saturated carbocycles. The molecule has 25 heavy (non-hydrogen) atoms. The van der Waals surface area contributed by atoms with Crippen molar-refractivity contribution < 1.29 is 14.3 Å². The summed E-state index contributed by atoms with van der Waals surface area (Å²) in [5.41, 5.74) is 0.998. The normalized spacial score (nSPS) is 11.6. The first-order valence-corrected chi connectivity index (χ1v) is 9.19. The van der Waals surface area contributed by atoms with Crippen molar-refractivity contribution in [3.8, 4) is 0 Å². The van der Waals surface area contributed by atoms with Crippen molar-refractivity contribution >= 4 is 11.9 Å². The summed E-state index contributed by atoms with van der Waals surface area (Å²) < 4.78 is 4.81. The van der Waals surface area contributed by atoms with E-state index < -0.39 is 12.0 Å². The van der Waals surface area contributed by atoms with Crippen LogP contribution in [-0.2, 0) is 20.7 Å². The molecule has 0 fully saturated rings. The molecular weight excluding hydrogens is 314 g/mol. The molecule has 1 N–H and O–H groups in total. The van der Waals surface area contributed by atoms with E-state index in [4.69, 9.17) is 4.74 Å². The first kappa shape index (κ1) is 20.9. The molecule has 1 aromatic rings. The van der Waals surface area contributed by atoms with Gasteiger partial charge in [0.05, 0.1) is 7.11 Å². The molecule has 1 aromatic carbocycles. The van der Waals surface area contributed by atoms with Crippen molar-refractivity contribution in [3.63, 3.8) is 0 Å². The molecule has 4 heteroatoms. The molecule has 4 nitrogen and oxygen atoms in total. The number of nitrogens with one attached hydrogen (secondary N) is 1. The zero-order chi connectivity index (χ0) is 18.3. The summed E-state index contributed by atoms with van der Waals surface area (Å²) in [5.74, 6) is -0.489. The number of carbonyl (C=O) groups excluding carboxylic acids is 2. The summed E-state index contributed by atoms with van der Waals surface area (Å²) in [6.45, 7) is 3.72. The van der Waals surface area contributed by atoms with Crippen LogP contribution in [0.1, 0.15) is 56.9 Å². The average Bonchev–Trinajstić information content (AvgIpc) is 2.63. The van der Waals surface area contributed by atoms with E-state index in [1.54, 1.807) is 0 Å². The maximum Gasteiger partial charge on any atom is 0.328 e. The van der Waals surface area contributed by atoms with E-state index in [1.807, 2.05) is 36.4 Å². The number of amides is 1. The molecule has 1 rings (SSSR count). The van der Waals surface area contributed by atoms with Crippen molar-refractivity contribution in [2.45, 2.75) is 63.8 Å². The van der Waals surface area contributed by atoms with Crippen LogP contribution in [0.2, 0.25) is 0 Å². The van der Waals surface area contributed by atoms with Gasteiger partial charge in [0.15, 0.2) is 0 Å². The smallest absolute Gasteiger partial charge is 0.328 e.